The van der Waals surface area contributed by atoms with Crippen LogP contribution in [0, 0.1) is 0 Å². The molecule has 0 spiro atoms. The number of rotatable bonds is 4. The molecule has 214 valence electrons. The van der Waals surface area contributed by atoms with Crippen molar-refractivity contribution in [1.29, 1.82) is 0 Å². The summed E-state index contributed by atoms with van der Waals surface area (Å²) >= 11 is 3.82. The first-order valence-electron chi connectivity index (χ1n) is 14.7. The second-order valence-electron chi connectivity index (χ2n) is 13.2. The lowest BCUT2D eigenvalue weighted by Gasteiger charge is -2.19. The highest BCUT2D eigenvalue weighted by molar-refractivity contribution is 9.10. The van der Waals surface area contributed by atoms with Crippen molar-refractivity contribution in [1.82, 2.24) is 15.0 Å². The molecule has 0 saturated heterocycles. The van der Waals surface area contributed by atoms with Gasteiger partial charge in [0, 0.05) is 26.7 Å². The van der Waals surface area contributed by atoms with E-state index in [1.165, 1.54) is 21.9 Å². The molecule has 1 aromatic heterocycles. The quantitative estimate of drug-likeness (QED) is 0.195. The highest BCUT2D eigenvalue weighted by Crippen LogP contribution is 2.37. The average molecular weight is 627 g/mol. The molecule has 0 N–H and O–H groups in total. The van der Waals surface area contributed by atoms with Crippen LogP contribution < -0.4 is 0 Å². The first-order chi connectivity index (χ1) is 20.5. The van der Waals surface area contributed by atoms with Crippen LogP contribution in [0.2, 0.25) is 0 Å². The van der Waals surface area contributed by atoms with Crippen molar-refractivity contribution in [3.05, 3.63) is 125 Å². The van der Waals surface area contributed by atoms with Gasteiger partial charge in [-0.15, -0.1) is 0 Å². The van der Waals surface area contributed by atoms with E-state index in [1.807, 2.05) is 0 Å². The van der Waals surface area contributed by atoms with Gasteiger partial charge in [-0.2, -0.15) is 0 Å². The normalized spacial score (nSPS) is 12.1. The lowest BCUT2D eigenvalue weighted by atomic mass is 9.86. The van der Waals surface area contributed by atoms with E-state index < -0.39 is 0 Å². The van der Waals surface area contributed by atoms with Gasteiger partial charge in [0.25, 0.3) is 0 Å². The Labute approximate surface area is 263 Å². The molecule has 6 aromatic rings. The second-order valence-corrected chi connectivity index (χ2v) is 14.0. The molecular formula is C39H36BrN3. The minimum absolute atomic E-state index is 0.0685. The average Bonchev–Trinajstić information content (AvgIpc) is 3.00. The van der Waals surface area contributed by atoms with E-state index in [1.54, 1.807) is 0 Å². The number of halogens is 1. The minimum atomic E-state index is 0.0685. The van der Waals surface area contributed by atoms with Crippen LogP contribution in [0.25, 0.3) is 56.1 Å². The molecule has 0 unspecified atom stereocenters. The van der Waals surface area contributed by atoms with Crippen LogP contribution in [0.5, 0.6) is 0 Å². The first-order valence-corrected chi connectivity index (χ1v) is 15.5. The fourth-order valence-electron chi connectivity index (χ4n) is 5.35. The number of benzene rings is 5. The second kappa shape index (κ2) is 11.2. The first kappa shape index (κ1) is 28.9. The van der Waals surface area contributed by atoms with Crippen LogP contribution in [0.1, 0.15) is 52.7 Å². The van der Waals surface area contributed by atoms with E-state index in [0.29, 0.717) is 17.5 Å². The summed E-state index contributed by atoms with van der Waals surface area (Å²) in [5.41, 5.74) is 7.83. The maximum absolute atomic E-state index is 5.03. The lowest BCUT2D eigenvalue weighted by molar-refractivity contribution is 0.590. The van der Waals surface area contributed by atoms with Gasteiger partial charge < -0.3 is 0 Å². The molecule has 3 nitrogen and oxygen atoms in total. The van der Waals surface area contributed by atoms with Crippen LogP contribution in [0.3, 0.4) is 0 Å². The molecule has 0 aliphatic carbocycles. The molecule has 0 radical (unpaired) electrons. The molecule has 43 heavy (non-hydrogen) atoms. The monoisotopic (exact) mass is 625 g/mol. The molecular weight excluding hydrogens is 590 g/mol. The smallest absolute Gasteiger partial charge is 0.164 e. The zero-order valence-corrected chi connectivity index (χ0v) is 27.2. The summed E-state index contributed by atoms with van der Waals surface area (Å²) in [7, 11) is 0. The molecule has 5 aromatic carbocycles. The Morgan fingerprint density at radius 3 is 1.49 bits per heavy atom. The minimum Gasteiger partial charge on any atom is -0.208 e. The Morgan fingerprint density at radius 2 is 0.953 bits per heavy atom. The Hall–Kier alpha value is -4.15. The topological polar surface area (TPSA) is 38.7 Å². The van der Waals surface area contributed by atoms with Crippen LogP contribution in [-0.4, -0.2) is 15.0 Å². The number of hydrogen-bond donors (Lipinski definition) is 0. The molecule has 1 heterocycles. The molecule has 0 bridgehead atoms. The van der Waals surface area contributed by atoms with Crippen molar-refractivity contribution in [2.45, 2.75) is 52.4 Å². The summed E-state index contributed by atoms with van der Waals surface area (Å²) in [5.74, 6) is 1.98. The van der Waals surface area contributed by atoms with Crippen molar-refractivity contribution in [3.8, 4) is 45.3 Å². The summed E-state index contributed by atoms with van der Waals surface area (Å²) in [4.78, 5) is 15.1. The Kier molecular flexibility index (Phi) is 7.52. The van der Waals surface area contributed by atoms with Gasteiger partial charge in [-0.1, -0.05) is 155 Å². The number of aromatic nitrogens is 3. The van der Waals surface area contributed by atoms with Crippen molar-refractivity contribution < 1.29 is 0 Å². The number of hydrogen-bond acceptors (Lipinski definition) is 3. The van der Waals surface area contributed by atoms with Gasteiger partial charge in [-0.3, -0.25) is 0 Å². The summed E-state index contributed by atoms with van der Waals surface area (Å²) in [6.07, 6.45) is 0. The van der Waals surface area contributed by atoms with Gasteiger partial charge in [0.1, 0.15) is 0 Å². The predicted octanol–water partition coefficient (Wildman–Crippen LogP) is 11.1. The summed E-state index contributed by atoms with van der Waals surface area (Å²) < 4.78 is 1.05. The molecule has 0 amide bonds. The van der Waals surface area contributed by atoms with Gasteiger partial charge in [0.15, 0.2) is 17.5 Å². The largest absolute Gasteiger partial charge is 0.208 e. The molecule has 0 aliphatic heterocycles. The molecule has 4 heteroatoms. The highest BCUT2D eigenvalue weighted by Gasteiger charge is 2.18. The molecule has 0 fully saturated rings. The van der Waals surface area contributed by atoms with Gasteiger partial charge >= 0.3 is 0 Å². The number of fused-ring (bicyclic) bond motifs is 1. The predicted molar refractivity (Wildman–Crippen MR) is 184 cm³/mol. The summed E-state index contributed by atoms with van der Waals surface area (Å²) in [6.45, 7) is 13.4. The van der Waals surface area contributed by atoms with E-state index in [4.69, 9.17) is 15.0 Å². The number of nitrogens with zero attached hydrogens (tertiary/aromatic N) is 3. The van der Waals surface area contributed by atoms with Gasteiger partial charge in [0.2, 0.25) is 0 Å². The standard InChI is InChI=1S/C39H36BrN3/c1-38(2,3)30-19-14-26(15-20-30)35-41-36(27-16-21-31(22-17-27)39(4,5)6)43-37(42-35)29-12-9-11-28(24-29)34-32-13-8-7-10-25(32)18-23-33(34)40/h7-24H,1-6H3. The molecule has 0 saturated carbocycles. The molecule has 6 rings (SSSR count). The fourth-order valence-corrected chi connectivity index (χ4v) is 5.93. The van der Waals surface area contributed by atoms with Crippen molar-refractivity contribution in [2.24, 2.45) is 0 Å². The Balaban J connectivity index is 1.50. The SMILES string of the molecule is CC(C)(C)c1ccc(-c2nc(-c3ccc(C(C)(C)C)cc3)nc(-c3cccc(-c4c(Br)ccc5ccccc45)c3)n2)cc1. The lowest BCUT2D eigenvalue weighted by Crippen LogP contribution is -2.10. The molecule has 0 aliphatic rings. The fraction of sp³-hybridized carbons (Fsp3) is 0.205. The summed E-state index contributed by atoms with van der Waals surface area (Å²) in [5, 5.41) is 2.40. The van der Waals surface area contributed by atoms with Crippen LogP contribution >= 0.6 is 15.9 Å². The zero-order valence-electron chi connectivity index (χ0n) is 25.6. The maximum Gasteiger partial charge on any atom is 0.164 e. The third-order valence-electron chi connectivity index (χ3n) is 7.94. The van der Waals surface area contributed by atoms with Crippen molar-refractivity contribution in [2.75, 3.05) is 0 Å². The Morgan fingerprint density at radius 1 is 0.465 bits per heavy atom. The highest BCUT2D eigenvalue weighted by atomic mass is 79.9. The maximum atomic E-state index is 5.03. The van der Waals surface area contributed by atoms with E-state index in [9.17, 15) is 0 Å². The van der Waals surface area contributed by atoms with Gasteiger partial charge in [-0.25, -0.2) is 15.0 Å². The zero-order chi connectivity index (χ0) is 30.4. The van der Waals surface area contributed by atoms with Crippen molar-refractivity contribution in [3.63, 3.8) is 0 Å². The Bertz CT molecular complexity index is 1850. The van der Waals surface area contributed by atoms with Gasteiger partial charge in [-0.05, 0) is 50.4 Å². The van der Waals surface area contributed by atoms with E-state index in [-0.39, 0.29) is 10.8 Å². The van der Waals surface area contributed by atoms with Crippen LogP contribution in [0.4, 0.5) is 0 Å². The van der Waals surface area contributed by atoms with Gasteiger partial charge in [0.05, 0.1) is 0 Å². The van der Waals surface area contributed by atoms with Crippen LogP contribution in [0.15, 0.2) is 114 Å². The molecule has 0 atom stereocenters. The third kappa shape index (κ3) is 6.03. The van der Waals surface area contributed by atoms with E-state index in [0.717, 1.165) is 32.3 Å². The van der Waals surface area contributed by atoms with Crippen LogP contribution in [-0.2, 0) is 10.8 Å². The van der Waals surface area contributed by atoms with Crippen molar-refractivity contribution >= 4 is 26.7 Å². The summed E-state index contributed by atoms with van der Waals surface area (Å²) in [6, 6.07) is 38.4. The van der Waals surface area contributed by atoms with E-state index >= 15 is 0 Å². The van der Waals surface area contributed by atoms with E-state index in [2.05, 4.69) is 167 Å². The third-order valence-corrected chi connectivity index (χ3v) is 8.60.